The third-order valence-corrected chi connectivity index (χ3v) is 5.83. The van der Waals surface area contributed by atoms with Crippen molar-refractivity contribution >= 4 is 34.2 Å². The Morgan fingerprint density at radius 2 is 2.03 bits per heavy atom. The summed E-state index contributed by atoms with van der Waals surface area (Å²) in [5.41, 5.74) is 0.606. The number of amides is 3. The van der Waals surface area contributed by atoms with Crippen molar-refractivity contribution in [2.75, 3.05) is 44.6 Å². The summed E-state index contributed by atoms with van der Waals surface area (Å²) >= 11 is 1.26. The van der Waals surface area contributed by atoms with E-state index < -0.39 is 0 Å². The molecule has 174 valence electrons. The minimum atomic E-state index is -0.346. The monoisotopic (exact) mass is 461 g/mol. The molecule has 1 saturated heterocycles. The van der Waals surface area contributed by atoms with Crippen LogP contribution in [-0.2, 0) is 16.0 Å². The maximum absolute atomic E-state index is 12.6. The molecule has 0 atom stereocenters. The molecule has 1 aliphatic heterocycles. The van der Waals surface area contributed by atoms with Crippen LogP contribution >= 0.6 is 11.3 Å². The molecule has 0 aromatic carbocycles. The van der Waals surface area contributed by atoms with Gasteiger partial charge in [-0.15, -0.1) is 11.3 Å². The molecule has 0 unspecified atom stereocenters. The second-order valence-electron chi connectivity index (χ2n) is 8.32. The predicted molar refractivity (Wildman–Crippen MR) is 123 cm³/mol. The van der Waals surface area contributed by atoms with Gasteiger partial charge in [0.2, 0.25) is 11.8 Å². The highest BCUT2D eigenvalue weighted by Gasteiger charge is 2.22. The standard InChI is InChI=1S/C22H31N5O4S/c1-16(2)13-27(21(30)18-6-5-11-31-18)14-20(29)25-22-24-17(15-32-22)12-19(28)23-7-10-26-8-3-4-9-26/h5-6,11,15-16H,3-4,7-10,12-14H2,1-2H3,(H,23,28)(H,24,25,29). The summed E-state index contributed by atoms with van der Waals surface area (Å²) in [6.45, 7) is 7.97. The SMILES string of the molecule is CC(C)CN(CC(=O)Nc1nc(CC(=O)NCCN2CCCC2)cs1)C(=O)c1ccco1. The van der Waals surface area contributed by atoms with Gasteiger partial charge in [-0.1, -0.05) is 13.8 Å². The second-order valence-corrected chi connectivity index (χ2v) is 9.18. The highest BCUT2D eigenvalue weighted by atomic mass is 32.1. The van der Waals surface area contributed by atoms with Crippen molar-refractivity contribution in [1.82, 2.24) is 20.1 Å². The van der Waals surface area contributed by atoms with Gasteiger partial charge in [-0.25, -0.2) is 4.98 Å². The van der Waals surface area contributed by atoms with E-state index in [0.29, 0.717) is 23.9 Å². The van der Waals surface area contributed by atoms with E-state index >= 15 is 0 Å². The van der Waals surface area contributed by atoms with E-state index in [1.165, 1.54) is 35.3 Å². The lowest BCUT2D eigenvalue weighted by Gasteiger charge is -2.22. The smallest absolute Gasteiger partial charge is 0.290 e. The van der Waals surface area contributed by atoms with E-state index in [0.717, 1.165) is 19.6 Å². The van der Waals surface area contributed by atoms with E-state index in [2.05, 4.69) is 20.5 Å². The Bertz CT molecular complexity index is 890. The first-order valence-corrected chi connectivity index (χ1v) is 11.8. The number of hydrogen-bond acceptors (Lipinski definition) is 7. The van der Waals surface area contributed by atoms with Gasteiger partial charge in [-0.3, -0.25) is 14.4 Å². The van der Waals surface area contributed by atoms with Crippen LogP contribution in [0, 0.1) is 5.92 Å². The third-order valence-electron chi connectivity index (χ3n) is 5.03. The summed E-state index contributed by atoms with van der Waals surface area (Å²) in [6.07, 6.45) is 4.06. The lowest BCUT2D eigenvalue weighted by Crippen LogP contribution is -2.40. The van der Waals surface area contributed by atoms with E-state index in [4.69, 9.17) is 4.42 Å². The molecule has 0 saturated carbocycles. The Morgan fingerprint density at radius 1 is 1.25 bits per heavy atom. The number of carbonyl (C=O) groups is 3. The van der Waals surface area contributed by atoms with Gasteiger partial charge in [0.05, 0.1) is 18.4 Å². The first-order valence-electron chi connectivity index (χ1n) is 11.0. The maximum atomic E-state index is 12.6. The van der Waals surface area contributed by atoms with Gasteiger partial charge in [-0.2, -0.15) is 0 Å². The summed E-state index contributed by atoms with van der Waals surface area (Å²) in [4.78, 5) is 45.4. The lowest BCUT2D eigenvalue weighted by atomic mass is 10.2. The average Bonchev–Trinajstić information content (AvgIpc) is 3.50. The molecule has 0 radical (unpaired) electrons. The highest BCUT2D eigenvalue weighted by molar-refractivity contribution is 7.13. The fourth-order valence-electron chi connectivity index (χ4n) is 3.58. The van der Waals surface area contributed by atoms with Crippen LogP contribution in [0.25, 0.3) is 0 Å². The average molecular weight is 462 g/mol. The summed E-state index contributed by atoms with van der Waals surface area (Å²) in [7, 11) is 0. The fraction of sp³-hybridized carbons (Fsp3) is 0.545. The van der Waals surface area contributed by atoms with Crippen molar-refractivity contribution in [3.63, 3.8) is 0 Å². The van der Waals surface area contributed by atoms with Gasteiger partial charge in [0, 0.05) is 25.0 Å². The Kier molecular flexibility index (Phi) is 8.81. The molecule has 9 nitrogen and oxygen atoms in total. The molecular weight excluding hydrogens is 430 g/mol. The van der Waals surface area contributed by atoms with Crippen LogP contribution in [0.5, 0.6) is 0 Å². The fourth-order valence-corrected chi connectivity index (χ4v) is 4.31. The summed E-state index contributed by atoms with van der Waals surface area (Å²) in [5, 5.41) is 7.81. The third kappa shape index (κ3) is 7.45. The number of thiazole rings is 1. The Hall–Kier alpha value is -2.72. The van der Waals surface area contributed by atoms with Gasteiger partial charge in [0.1, 0.15) is 6.54 Å². The number of aromatic nitrogens is 1. The molecule has 0 spiro atoms. The molecule has 1 fully saturated rings. The van der Waals surface area contributed by atoms with Crippen molar-refractivity contribution in [3.05, 3.63) is 35.2 Å². The molecule has 0 bridgehead atoms. The van der Waals surface area contributed by atoms with Gasteiger partial charge in [0.25, 0.3) is 5.91 Å². The van der Waals surface area contributed by atoms with Crippen LogP contribution in [0.1, 0.15) is 42.9 Å². The van der Waals surface area contributed by atoms with Crippen molar-refractivity contribution < 1.29 is 18.8 Å². The van der Waals surface area contributed by atoms with Gasteiger partial charge >= 0.3 is 0 Å². The van der Waals surface area contributed by atoms with Crippen LogP contribution < -0.4 is 10.6 Å². The summed E-state index contributed by atoms with van der Waals surface area (Å²) in [5.74, 6) is -0.367. The molecule has 1 aliphatic rings. The van der Waals surface area contributed by atoms with Crippen LogP contribution in [0.2, 0.25) is 0 Å². The Labute approximate surface area is 192 Å². The molecular formula is C22H31N5O4S. The molecule has 10 heteroatoms. The van der Waals surface area contributed by atoms with E-state index in [-0.39, 0.29) is 42.4 Å². The molecule has 2 aromatic heterocycles. The Morgan fingerprint density at radius 3 is 2.72 bits per heavy atom. The van der Waals surface area contributed by atoms with Crippen LogP contribution in [-0.4, -0.2) is 71.8 Å². The van der Waals surface area contributed by atoms with Crippen LogP contribution in [0.4, 0.5) is 5.13 Å². The number of likely N-dealkylation sites (tertiary alicyclic amines) is 1. The summed E-state index contributed by atoms with van der Waals surface area (Å²) < 4.78 is 5.18. The van der Waals surface area contributed by atoms with E-state index in [1.54, 1.807) is 17.5 Å². The van der Waals surface area contributed by atoms with E-state index in [1.807, 2.05) is 13.8 Å². The first kappa shape index (κ1) is 23.9. The lowest BCUT2D eigenvalue weighted by molar-refractivity contribution is -0.120. The van der Waals surface area contributed by atoms with Gasteiger partial charge in [0.15, 0.2) is 10.9 Å². The zero-order valence-electron chi connectivity index (χ0n) is 18.6. The van der Waals surface area contributed by atoms with Gasteiger partial charge < -0.3 is 24.9 Å². The Balaban J connectivity index is 1.46. The second kappa shape index (κ2) is 11.8. The number of rotatable bonds is 11. The first-order chi connectivity index (χ1) is 15.4. The number of nitrogens with one attached hydrogen (secondary N) is 2. The topological polar surface area (TPSA) is 108 Å². The zero-order chi connectivity index (χ0) is 22.9. The molecule has 2 aromatic rings. The largest absolute Gasteiger partial charge is 0.459 e. The number of carbonyl (C=O) groups excluding carboxylic acids is 3. The maximum Gasteiger partial charge on any atom is 0.290 e. The van der Waals surface area contributed by atoms with Crippen LogP contribution in [0.3, 0.4) is 0 Å². The van der Waals surface area contributed by atoms with E-state index in [9.17, 15) is 14.4 Å². The number of nitrogens with zero attached hydrogens (tertiary/aromatic N) is 3. The number of anilines is 1. The van der Waals surface area contributed by atoms with Crippen molar-refractivity contribution in [2.45, 2.75) is 33.1 Å². The number of furan rings is 1. The molecule has 3 amide bonds. The minimum absolute atomic E-state index is 0.0838. The van der Waals surface area contributed by atoms with Crippen LogP contribution in [0.15, 0.2) is 28.2 Å². The predicted octanol–water partition coefficient (Wildman–Crippen LogP) is 2.23. The molecule has 3 heterocycles. The number of hydrogen-bond donors (Lipinski definition) is 2. The molecule has 0 aliphatic carbocycles. The zero-order valence-corrected chi connectivity index (χ0v) is 19.5. The quantitative estimate of drug-likeness (QED) is 0.531. The molecule has 3 rings (SSSR count). The summed E-state index contributed by atoms with van der Waals surface area (Å²) in [6, 6.07) is 3.22. The van der Waals surface area contributed by atoms with Gasteiger partial charge in [-0.05, 0) is 44.0 Å². The van der Waals surface area contributed by atoms with Crippen molar-refractivity contribution in [1.29, 1.82) is 0 Å². The normalized spacial score (nSPS) is 14.0. The molecule has 2 N–H and O–H groups in total. The van der Waals surface area contributed by atoms with Crippen molar-refractivity contribution in [3.8, 4) is 0 Å². The minimum Gasteiger partial charge on any atom is -0.459 e. The van der Waals surface area contributed by atoms with Crippen molar-refractivity contribution in [2.24, 2.45) is 5.92 Å². The highest BCUT2D eigenvalue weighted by Crippen LogP contribution is 2.16. The molecule has 32 heavy (non-hydrogen) atoms.